The number of nitrogens with zero attached hydrogens (tertiary/aromatic N) is 1. The molecule has 0 fully saturated rings. The van der Waals surface area contributed by atoms with E-state index in [1.54, 1.807) is 0 Å². The summed E-state index contributed by atoms with van der Waals surface area (Å²) in [5, 5.41) is 0. The highest BCUT2D eigenvalue weighted by Gasteiger charge is 2.10. The molecule has 0 radical (unpaired) electrons. The number of hydrogen-bond donors (Lipinski definition) is 0. The summed E-state index contributed by atoms with van der Waals surface area (Å²) < 4.78 is 0. The van der Waals surface area contributed by atoms with Gasteiger partial charge in [0, 0.05) is 11.4 Å². The number of pyridine rings is 1. The molecule has 1 heterocycles. The molecule has 0 saturated heterocycles. The second-order valence-electron chi connectivity index (χ2n) is 6.74. The largest absolute Gasteiger partial charge is 0.258 e. The van der Waals surface area contributed by atoms with Crippen LogP contribution in [0.15, 0.2) is 49.1 Å². The first-order valence-corrected chi connectivity index (χ1v) is 8.65. The van der Waals surface area contributed by atoms with Crippen LogP contribution in [0.3, 0.4) is 0 Å². The zero-order chi connectivity index (χ0) is 16.8. The lowest BCUT2D eigenvalue weighted by atomic mass is 9.88. The molecule has 1 aromatic heterocycles. The Bertz CT molecular complexity index is 619. The van der Waals surface area contributed by atoms with Crippen molar-refractivity contribution < 1.29 is 0 Å². The Morgan fingerprint density at radius 1 is 0.957 bits per heavy atom. The van der Waals surface area contributed by atoms with Crippen molar-refractivity contribution in [1.29, 1.82) is 0 Å². The normalized spacial score (nSPS) is 13.6. The van der Waals surface area contributed by atoms with Crippen LogP contribution in [0.25, 0.3) is 0 Å². The van der Waals surface area contributed by atoms with E-state index in [0.29, 0.717) is 11.8 Å². The maximum absolute atomic E-state index is 4.44. The van der Waals surface area contributed by atoms with Crippen LogP contribution in [-0.4, -0.2) is 4.98 Å². The molecule has 0 amide bonds. The Morgan fingerprint density at radius 3 is 2.09 bits per heavy atom. The van der Waals surface area contributed by atoms with E-state index < -0.39 is 0 Å². The second-order valence-corrected chi connectivity index (χ2v) is 6.74. The molecule has 0 aliphatic rings. The predicted molar refractivity (Wildman–Crippen MR) is 100.0 cm³/mol. The Hall–Kier alpha value is -1.89. The fraction of sp³-hybridized carbons (Fsp3) is 0.409. The van der Waals surface area contributed by atoms with Crippen LogP contribution < -0.4 is 0 Å². The summed E-state index contributed by atoms with van der Waals surface area (Å²) in [5.74, 6) is 1.04. The number of benzene rings is 1. The molecule has 0 spiro atoms. The highest BCUT2D eigenvalue weighted by molar-refractivity contribution is 5.26. The first-order valence-electron chi connectivity index (χ1n) is 8.65. The van der Waals surface area contributed by atoms with E-state index >= 15 is 0 Å². The standard InChI is InChI=1S/C22H29N/c1-6-16(2)19(5)22-12-10-20(11-13-22)8-7-9-21-14-17(3)23-18(4)15-21/h6,10-16,19H,1,7-9H2,2-5H3. The van der Waals surface area contributed by atoms with Crippen LogP contribution in [0.5, 0.6) is 0 Å². The second kappa shape index (κ2) is 8.10. The maximum Gasteiger partial charge on any atom is 0.0378 e. The third kappa shape index (κ3) is 5.06. The highest BCUT2D eigenvalue weighted by Crippen LogP contribution is 2.25. The van der Waals surface area contributed by atoms with Crippen molar-refractivity contribution in [2.75, 3.05) is 0 Å². The molecular formula is C22H29N. The summed E-state index contributed by atoms with van der Waals surface area (Å²) in [6, 6.07) is 13.5. The van der Waals surface area contributed by atoms with Crippen LogP contribution >= 0.6 is 0 Å². The summed E-state index contributed by atoms with van der Waals surface area (Å²) in [6.07, 6.45) is 5.47. The fourth-order valence-electron chi connectivity index (χ4n) is 3.06. The van der Waals surface area contributed by atoms with E-state index in [4.69, 9.17) is 0 Å². The van der Waals surface area contributed by atoms with Crippen molar-refractivity contribution in [1.82, 2.24) is 4.98 Å². The van der Waals surface area contributed by atoms with E-state index in [9.17, 15) is 0 Å². The monoisotopic (exact) mass is 307 g/mol. The van der Waals surface area contributed by atoms with Crippen LogP contribution in [0, 0.1) is 19.8 Å². The third-order valence-corrected chi connectivity index (χ3v) is 4.74. The van der Waals surface area contributed by atoms with Gasteiger partial charge in [0.15, 0.2) is 0 Å². The maximum atomic E-state index is 4.44. The van der Waals surface area contributed by atoms with Gasteiger partial charge in [-0.2, -0.15) is 0 Å². The predicted octanol–water partition coefficient (Wildman–Crippen LogP) is 5.80. The molecule has 2 unspecified atom stereocenters. The summed E-state index contributed by atoms with van der Waals surface area (Å²) in [7, 11) is 0. The van der Waals surface area contributed by atoms with E-state index in [2.05, 4.69) is 75.7 Å². The molecular weight excluding hydrogens is 278 g/mol. The number of allylic oxidation sites excluding steroid dienone is 1. The van der Waals surface area contributed by atoms with Gasteiger partial charge in [-0.3, -0.25) is 4.98 Å². The Kier molecular flexibility index (Phi) is 6.15. The molecule has 0 aliphatic carbocycles. The smallest absolute Gasteiger partial charge is 0.0378 e. The molecule has 2 atom stereocenters. The van der Waals surface area contributed by atoms with E-state index in [0.717, 1.165) is 24.2 Å². The Morgan fingerprint density at radius 2 is 1.52 bits per heavy atom. The minimum absolute atomic E-state index is 0.513. The van der Waals surface area contributed by atoms with E-state index in [1.165, 1.54) is 23.1 Å². The summed E-state index contributed by atoms with van der Waals surface area (Å²) >= 11 is 0. The van der Waals surface area contributed by atoms with E-state index in [1.807, 2.05) is 6.08 Å². The Balaban J connectivity index is 1.90. The summed E-state index contributed by atoms with van der Waals surface area (Å²) in [6.45, 7) is 12.5. The van der Waals surface area contributed by atoms with Gasteiger partial charge in [0.05, 0.1) is 0 Å². The molecule has 122 valence electrons. The minimum atomic E-state index is 0.513. The van der Waals surface area contributed by atoms with E-state index in [-0.39, 0.29) is 0 Å². The van der Waals surface area contributed by atoms with Gasteiger partial charge >= 0.3 is 0 Å². The lowest BCUT2D eigenvalue weighted by molar-refractivity contribution is 0.592. The topological polar surface area (TPSA) is 12.9 Å². The first-order chi connectivity index (χ1) is 11.0. The average molecular weight is 307 g/mol. The van der Waals surface area contributed by atoms with Crippen molar-refractivity contribution in [3.05, 3.63) is 77.1 Å². The molecule has 0 saturated carbocycles. The molecule has 1 heteroatoms. The summed E-state index contributed by atoms with van der Waals surface area (Å²) in [5.41, 5.74) is 6.47. The molecule has 1 nitrogen and oxygen atoms in total. The highest BCUT2D eigenvalue weighted by atomic mass is 14.7. The molecule has 0 bridgehead atoms. The van der Waals surface area contributed by atoms with Gasteiger partial charge in [0.25, 0.3) is 0 Å². The van der Waals surface area contributed by atoms with Gasteiger partial charge in [0.2, 0.25) is 0 Å². The average Bonchev–Trinajstić information content (AvgIpc) is 2.53. The van der Waals surface area contributed by atoms with Crippen LogP contribution in [0.1, 0.15) is 54.3 Å². The van der Waals surface area contributed by atoms with Gasteiger partial charge in [-0.05, 0) is 73.8 Å². The lowest BCUT2D eigenvalue weighted by Gasteiger charge is -2.17. The van der Waals surface area contributed by atoms with Gasteiger partial charge in [-0.25, -0.2) is 0 Å². The molecule has 1 aromatic carbocycles. The first kappa shape index (κ1) is 17.5. The van der Waals surface area contributed by atoms with Gasteiger partial charge in [-0.15, -0.1) is 6.58 Å². The number of rotatable bonds is 7. The Labute approximate surface area is 141 Å². The van der Waals surface area contributed by atoms with Gasteiger partial charge < -0.3 is 0 Å². The zero-order valence-electron chi connectivity index (χ0n) is 15.0. The van der Waals surface area contributed by atoms with Crippen molar-refractivity contribution in [2.24, 2.45) is 5.92 Å². The molecule has 2 aromatic rings. The minimum Gasteiger partial charge on any atom is -0.258 e. The van der Waals surface area contributed by atoms with Crippen molar-refractivity contribution in [3.8, 4) is 0 Å². The number of aryl methyl sites for hydroxylation is 4. The number of aromatic nitrogens is 1. The molecule has 0 aliphatic heterocycles. The van der Waals surface area contributed by atoms with Gasteiger partial charge in [0.1, 0.15) is 0 Å². The quantitative estimate of drug-likeness (QED) is 0.589. The van der Waals surface area contributed by atoms with Crippen LogP contribution in [0.4, 0.5) is 0 Å². The lowest BCUT2D eigenvalue weighted by Crippen LogP contribution is -2.03. The van der Waals surface area contributed by atoms with Crippen molar-refractivity contribution in [2.45, 2.75) is 52.9 Å². The van der Waals surface area contributed by atoms with Crippen molar-refractivity contribution in [3.63, 3.8) is 0 Å². The van der Waals surface area contributed by atoms with Crippen LogP contribution in [0.2, 0.25) is 0 Å². The van der Waals surface area contributed by atoms with Crippen LogP contribution in [-0.2, 0) is 12.8 Å². The van der Waals surface area contributed by atoms with Gasteiger partial charge in [-0.1, -0.05) is 44.2 Å². The number of hydrogen-bond acceptors (Lipinski definition) is 1. The zero-order valence-corrected chi connectivity index (χ0v) is 15.0. The summed E-state index contributed by atoms with van der Waals surface area (Å²) in [4.78, 5) is 4.44. The fourth-order valence-corrected chi connectivity index (χ4v) is 3.06. The molecule has 23 heavy (non-hydrogen) atoms. The molecule has 2 rings (SSSR count). The third-order valence-electron chi connectivity index (χ3n) is 4.74. The SMILES string of the molecule is C=CC(C)C(C)c1ccc(CCCc2cc(C)nc(C)c2)cc1. The molecule has 0 N–H and O–H groups in total. The van der Waals surface area contributed by atoms with Crippen molar-refractivity contribution >= 4 is 0 Å².